The van der Waals surface area contributed by atoms with E-state index in [1.807, 2.05) is 78.2 Å². The first kappa shape index (κ1) is 17.3. The number of allylic oxidation sites excluding steroid dienone is 1. The van der Waals surface area contributed by atoms with Gasteiger partial charge in [-0.15, -0.1) is 0 Å². The number of benzene rings is 2. The minimum absolute atomic E-state index is 0.207. The Kier molecular flexibility index (Phi) is 4.17. The summed E-state index contributed by atoms with van der Waals surface area (Å²) in [6.45, 7) is 2.07. The number of hydrogen-bond donors (Lipinski definition) is 1. The lowest BCUT2D eigenvalue weighted by Crippen LogP contribution is -2.28. The average Bonchev–Trinajstić information content (AvgIpc) is 3.39. The number of fused-ring (bicyclic) bond motifs is 3. The first-order valence-corrected chi connectivity index (χ1v) is 9.41. The number of carbonyl (C=O) groups is 1. The van der Waals surface area contributed by atoms with E-state index >= 15 is 0 Å². The van der Waals surface area contributed by atoms with Crippen LogP contribution in [0.1, 0.15) is 24.3 Å². The standard InChI is InChI=1S/C23H19N3O3/c1-15-20(22(27)29-14-16-8-3-2-4-9-16)21(19-12-7-13-28-19)26-18-11-6-5-10-17(18)25-23(26)24-15/h2-13,21H,14H2,1H3,(H,24,25)/t21-/m1/s1. The third kappa shape index (κ3) is 2.99. The van der Waals surface area contributed by atoms with Crippen molar-refractivity contribution >= 4 is 23.0 Å². The molecule has 0 fully saturated rings. The van der Waals surface area contributed by atoms with Gasteiger partial charge in [0.2, 0.25) is 5.95 Å². The number of hydrogen-bond acceptors (Lipinski definition) is 5. The molecule has 2 aromatic carbocycles. The third-order valence-electron chi connectivity index (χ3n) is 5.08. The van der Waals surface area contributed by atoms with E-state index in [0.29, 0.717) is 23.0 Å². The van der Waals surface area contributed by atoms with Crippen molar-refractivity contribution in [3.05, 3.63) is 95.6 Å². The first-order valence-electron chi connectivity index (χ1n) is 9.41. The van der Waals surface area contributed by atoms with Crippen molar-refractivity contribution in [2.45, 2.75) is 19.6 Å². The zero-order valence-electron chi connectivity index (χ0n) is 15.8. The maximum Gasteiger partial charge on any atom is 0.338 e. The number of imidazole rings is 1. The van der Waals surface area contributed by atoms with Crippen molar-refractivity contribution in [2.24, 2.45) is 0 Å². The molecule has 1 atom stereocenters. The van der Waals surface area contributed by atoms with Gasteiger partial charge in [-0.1, -0.05) is 42.5 Å². The highest BCUT2D eigenvalue weighted by molar-refractivity contribution is 5.93. The number of carbonyl (C=O) groups excluding carboxylic acids is 1. The zero-order chi connectivity index (χ0) is 19.8. The van der Waals surface area contributed by atoms with Crippen LogP contribution in [-0.4, -0.2) is 15.5 Å². The van der Waals surface area contributed by atoms with E-state index in [-0.39, 0.29) is 12.6 Å². The molecule has 2 aromatic heterocycles. The highest BCUT2D eigenvalue weighted by Crippen LogP contribution is 2.39. The molecule has 5 rings (SSSR count). The van der Waals surface area contributed by atoms with Crippen molar-refractivity contribution < 1.29 is 13.9 Å². The number of nitrogens with zero attached hydrogens (tertiary/aromatic N) is 2. The molecule has 1 aliphatic heterocycles. The summed E-state index contributed by atoms with van der Waals surface area (Å²) in [6, 6.07) is 20.7. The molecule has 0 radical (unpaired) electrons. The molecule has 1 aliphatic rings. The van der Waals surface area contributed by atoms with Crippen molar-refractivity contribution in [1.82, 2.24) is 9.55 Å². The highest BCUT2D eigenvalue weighted by atomic mass is 16.5. The Balaban J connectivity index is 1.57. The van der Waals surface area contributed by atoms with Gasteiger partial charge in [0.1, 0.15) is 18.4 Å². The van der Waals surface area contributed by atoms with Crippen LogP contribution in [0.15, 0.2) is 88.7 Å². The van der Waals surface area contributed by atoms with Crippen LogP contribution >= 0.6 is 0 Å². The SMILES string of the molecule is CC1=C(C(=O)OCc2ccccc2)[C@@H](c2ccco2)n2c(nc3ccccc32)N1. The van der Waals surface area contributed by atoms with Gasteiger partial charge in [-0.3, -0.25) is 4.57 Å². The van der Waals surface area contributed by atoms with Gasteiger partial charge in [0, 0.05) is 5.70 Å². The van der Waals surface area contributed by atoms with E-state index in [0.717, 1.165) is 16.6 Å². The molecule has 0 spiro atoms. The quantitative estimate of drug-likeness (QED) is 0.518. The van der Waals surface area contributed by atoms with E-state index in [4.69, 9.17) is 9.15 Å². The van der Waals surface area contributed by atoms with Gasteiger partial charge in [-0.2, -0.15) is 0 Å². The Morgan fingerprint density at radius 1 is 1.10 bits per heavy atom. The van der Waals surface area contributed by atoms with Crippen molar-refractivity contribution in [1.29, 1.82) is 0 Å². The van der Waals surface area contributed by atoms with Gasteiger partial charge in [0.15, 0.2) is 0 Å². The van der Waals surface area contributed by atoms with Crippen LogP contribution in [0, 0.1) is 0 Å². The van der Waals surface area contributed by atoms with Crippen molar-refractivity contribution in [3.8, 4) is 0 Å². The molecular formula is C23H19N3O3. The number of aromatic nitrogens is 2. The second-order valence-electron chi connectivity index (χ2n) is 6.94. The third-order valence-corrected chi connectivity index (χ3v) is 5.08. The van der Waals surface area contributed by atoms with Crippen molar-refractivity contribution in [2.75, 3.05) is 5.32 Å². The van der Waals surface area contributed by atoms with E-state index in [1.165, 1.54) is 0 Å². The molecule has 29 heavy (non-hydrogen) atoms. The summed E-state index contributed by atoms with van der Waals surface area (Å²) in [6.07, 6.45) is 1.61. The highest BCUT2D eigenvalue weighted by Gasteiger charge is 2.36. The van der Waals surface area contributed by atoms with Gasteiger partial charge >= 0.3 is 5.97 Å². The van der Waals surface area contributed by atoms with Crippen LogP contribution in [0.3, 0.4) is 0 Å². The molecular weight excluding hydrogens is 366 g/mol. The smallest absolute Gasteiger partial charge is 0.338 e. The number of nitrogens with one attached hydrogen (secondary N) is 1. The van der Waals surface area contributed by atoms with Gasteiger partial charge in [-0.05, 0) is 36.8 Å². The Bertz CT molecular complexity index is 1210. The number of ether oxygens (including phenoxy) is 1. The number of anilines is 1. The van der Waals surface area contributed by atoms with Crippen LogP contribution in [0.4, 0.5) is 5.95 Å². The number of furan rings is 1. The maximum atomic E-state index is 13.2. The molecule has 0 saturated carbocycles. The molecule has 4 aromatic rings. The van der Waals surface area contributed by atoms with Crippen LogP contribution in [0.5, 0.6) is 0 Å². The Labute approximate surface area is 167 Å². The number of esters is 1. The Hall–Kier alpha value is -3.80. The Morgan fingerprint density at radius 3 is 2.69 bits per heavy atom. The van der Waals surface area contributed by atoms with E-state index < -0.39 is 6.04 Å². The average molecular weight is 385 g/mol. The summed E-state index contributed by atoms with van der Waals surface area (Å²) in [4.78, 5) is 17.8. The maximum absolute atomic E-state index is 13.2. The molecule has 0 amide bonds. The van der Waals surface area contributed by atoms with Crippen molar-refractivity contribution in [3.63, 3.8) is 0 Å². The minimum Gasteiger partial charge on any atom is -0.467 e. The molecule has 1 N–H and O–H groups in total. The molecule has 0 aliphatic carbocycles. The van der Waals surface area contributed by atoms with E-state index in [9.17, 15) is 4.79 Å². The minimum atomic E-state index is -0.461. The summed E-state index contributed by atoms with van der Waals surface area (Å²) in [5.41, 5.74) is 3.90. The van der Waals surface area contributed by atoms with Gasteiger partial charge in [-0.25, -0.2) is 9.78 Å². The number of rotatable bonds is 4. The van der Waals surface area contributed by atoms with Crippen LogP contribution in [0.25, 0.3) is 11.0 Å². The topological polar surface area (TPSA) is 69.3 Å². The van der Waals surface area contributed by atoms with Crippen LogP contribution in [-0.2, 0) is 16.1 Å². The first-order chi connectivity index (χ1) is 14.2. The van der Waals surface area contributed by atoms with E-state index in [2.05, 4.69) is 10.3 Å². The molecule has 0 bridgehead atoms. The molecule has 6 nitrogen and oxygen atoms in total. The summed E-state index contributed by atoms with van der Waals surface area (Å²) < 4.78 is 13.4. The fraction of sp³-hybridized carbons (Fsp3) is 0.130. The lowest BCUT2D eigenvalue weighted by Gasteiger charge is -2.28. The zero-order valence-corrected chi connectivity index (χ0v) is 15.8. The molecule has 0 saturated heterocycles. The molecule has 144 valence electrons. The molecule has 3 heterocycles. The predicted octanol–water partition coefficient (Wildman–Crippen LogP) is 4.66. The van der Waals surface area contributed by atoms with Gasteiger partial charge in [0.05, 0.1) is 22.9 Å². The Morgan fingerprint density at radius 2 is 1.90 bits per heavy atom. The normalized spacial score (nSPS) is 15.8. The van der Waals surface area contributed by atoms with Gasteiger partial charge in [0.25, 0.3) is 0 Å². The summed E-state index contributed by atoms with van der Waals surface area (Å²) in [5.74, 6) is 0.940. The molecule has 6 heteroatoms. The second kappa shape index (κ2) is 6.98. The predicted molar refractivity (Wildman–Crippen MR) is 109 cm³/mol. The second-order valence-corrected chi connectivity index (χ2v) is 6.94. The van der Waals surface area contributed by atoms with Crippen LogP contribution < -0.4 is 5.32 Å². The van der Waals surface area contributed by atoms with E-state index in [1.54, 1.807) is 6.26 Å². The largest absolute Gasteiger partial charge is 0.467 e. The summed E-state index contributed by atoms with van der Waals surface area (Å²) in [5, 5.41) is 3.26. The summed E-state index contributed by atoms with van der Waals surface area (Å²) >= 11 is 0. The monoisotopic (exact) mass is 385 g/mol. The fourth-order valence-corrected chi connectivity index (χ4v) is 3.75. The lowest BCUT2D eigenvalue weighted by molar-refractivity contribution is -0.140. The molecule has 0 unspecified atom stereocenters. The van der Waals surface area contributed by atoms with Gasteiger partial charge < -0.3 is 14.5 Å². The van der Waals surface area contributed by atoms with Crippen LogP contribution in [0.2, 0.25) is 0 Å². The number of para-hydroxylation sites is 2. The lowest BCUT2D eigenvalue weighted by atomic mass is 10.00. The summed E-state index contributed by atoms with van der Waals surface area (Å²) in [7, 11) is 0. The fourth-order valence-electron chi connectivity index (χ4n) is 3.75.